The Labute approximate surface area is 169 Å². The molecule has 0 spiro atoms. The number of nitrogens with two attached hydrogens (primary N) is 1. The van der Waals surface area contributed by atoms with Crippen molar-refractivity contribution in [2.45, 2.75) is 6.54 Å². The van der Waals surface area contributed by atoms with E-state index >= 15 is 0 Å². The smallest absolute Gasteiger partial charge is 0.250 e. The van der Waals surface area contributed by atoms with Gasteiger partial charge in [-0.25, -0.2) is 4.39 Å². The molecule has 1 aromatic heterocycles. The van der Waals surface area contributed by atoms with E-state index in [-0.39, 0.29) is 5.82 Å². The Morgan fingerprint density at radius 1 is 1.00 bits per heavy atom. The van der Waals surface area contributed by atoms with Gasteiger partial charge >= 0.3 is 0 Å². The molecule has 1 fully saturated rings. The minimum atomic E-state index is -0.476. The molecule has 0 unspecified atom stereocenters. The molecule has 5 nitrogen and oxygen atoms in total. The summed E-state index contributed by atoms with van der Waals surface area (Å²) in [4.78, 5) is 20.7. The summed E-state index contributed by atoms with van der Waals surface area (Å²) in [6, 6.07) is 18.2. The van der Waals surface area contributed by atoms with Gasteiger partial charge in [-0.15, -0.1) is 0 Å². The van der Waals surface area contributed by atoms with E-state index in [0.717, 1.165) is 44.0 Å². The molecule has 1 aliphatic heterocycles. The van der Waals surface area contributed by atoms with Gasteiger partial charge in [0.2, 0.25) is 0 Å². The van der Waals surface area contributed by atoms with E-state index < -0.39 is 5.91 Å². The maximum atomic E-state index is 13.1. The molecule has 6 heteroatoms. The van der Waals surface area contributed by atoms with Gasteiger partial charge in [0.25, 0.3) is 5.91 Å². The number of halogens is 1. The third kappa shape index (κ3) is 4.43. The van der Waals surface area contributed by atoms with Crippen LogP contribution in [0, 0.1) is 5.82 Å². The predicted molar refractivity (Wildman–Crippen MR) is 112 cm³/mol. The number of hydrogen-bond donors (Lipinski definition) is 1. The summed E-state index contributed by atoms with van der Waals surface area (Å²) in [7, 11) is 0. The van der Waals surface area contributed by atoms with Crippen molar-refractivity contribution in [1.29, 1.82) is 0 Å². The van der Waals surface area contributed by atoms with Crippen molar-refractivity contribution in [2.24, 2.45) is 5.73 Å². The molecular weight excluding hydrogens is 367 g/mol. The third-order valence-electron chi connectivity index (χ3n) is 5.24. The molecule has 1 saturated heterocycles. The van der Waals surface area contributed by atoms with Crippen molar-refractivity contribution in [3.63, 3.8) is 0 Å². The van der Waals surface area contributed by atoms with Gasteiger partial charge in [0.1, 0.15) is 5.82 Å². The van der Waals surface area contributed by atoms with Crippen LogP contribution in [0.4, 0.5) is 10.1 Å². The third-order valence-corrected chi connectivity index (χ3v) is 5.24. The van der Waals surface area contributed by atoms with E-state index in [1.165, 1.54) is 17.7 Å². The van der Waals surface area contributed by atoms with Gasteiger partial charge in [0.15, 0.2) is 0 Å². The second-order valence-corrected chi connectivity index (χ2v) is 7.20. The number of nitrogens with zero attached hydrogens (tertiary/aromatic N) is 3. The number of carbonyl (C=O) groups is 1. The van der Waals surface area contributed by atoms with Crippen molar-refractivity contribution in [3.8, 4) is 11.3 Å². The Balaban J connectivity index is 1.43. The lowest BCUT2D eigenvalue weighted by Crippen LogP contribution is -2.45. The highest BCUT2D eigenvalue weighted by atomic mass is 19.1. The Morgan fingerprint density at radius 2 is 1.76 bits per heavy atom. The van der Waals surface area contributed by atoms with E-state index in [9.17, 15) is 9.18 Å². The summed E-state index contributed by atoms with van der Waals surface area (Å²) in [6.45, 7) is 4.48. The fraction of sp³-hybridized carbons (Fsp3) is 0.217. The van der Waals surface area contributed by atoms with Crippen LogP contribution in [0.1, 0.15) is 15.9 Å². The molecule has 2 N–H and O–H groups in total. The number of carbonyl (C=O) groups excluding carboxylic acids is 1. The maximum absolute atomic E-state index is 13.1. The van der Waals surface area contributed by atoms with Crippen molar-refractivity contribution in [3.05, 3.63) is 83.8 Å². The van der Waals surface area contributed by atoms with Gasteiger partial charge in [-0.1, -0.05) is 18.2 Å². The molecule has 29 heavy (non-hydrogen) atoms. The van der Waals surface area contributed by atoms with Crippen LogP contribution in [0.25, 0.3) is 11.3 Å². The normalized spacial score (nSPS) is 14.7. The van der Waals surface area contributed by atoms with Crippen LogP contribution in [0.5, 0.6) is 0 Å². The number of anilines is 1. The van der Waals surface area contributed by atoms with Crippen LogP contribution in [0.2, 0.25) is 0 Å². The lowest BCUT2D eigenvalue weighted by molar-refractivity contribution is 0.100. The summed E-state index contributed by atoms with van der Waals surface area (Å²) >= 11 is 0. The van der Waals surface area contributed by atoms with Crippen LogP contribution in [-0.2, 0) is 6.54 Å². The quantitative estimate of drug-likeness (QED) is 0.726. The van der Waals surface area contributed by atoms with E-state index in [0.29, 0.717) is 11.3 Å². The number of piperazine rings is 1. The SMILES string of the molecule is NC(=O)c1cccnc1-c1cccc(CN2CCN(c3ccc(F)cc3)CC2)c1. The van der Waals surface area contributed by atoms with E-state index in [1.54, 1.807) is 18.3 Å². The Bertz CT molecular complexity index is 998. The first-order valence-electron chi connectivity index (χ1n) is 9.67. The second-order valence-electron chi connectivity index (χ2n) is 7.20. The monoisotopic (exact) mass is 390 g/mol. The molecule has 0 radical (unpaired) electrons. The molecular formula is C23H23FN4O. The van der Waals surface area contributed by atoms with Gasteiger partial charge in [-0.2, -0.15) is 0 Å². The van der Waals surface area contributed by atoms with Crippen molar-refractivity contribution in [1.82, 2.24) is 9.88 Å². The predicted octanol–water partition coefficient (Wildman–Crippen LogP) is 3.31. The molecule has 4 rings (SSSR count). The minimum Gasteiger partial charge on any atom is -0.369 e. The van der Waals surface area contributed by atoms with Crippen LogP contribution in [0.3, 0.4) is 0 Å². The van der Waals surface area contributed by atoms with E-state index in [1.807, 2.05) is 24.3 Å². The maximum Gasteiger partial charge on any atom is 0.250 e. The molecule has 0 saturated carbocycles. The largest absolute Gasteiger partial charge is 0.369 e. The minimum absolute atomic E-state index is 0.209. The molecule has 0 aliphatic carbocycles. The van der Waals surface area contributed by atoms with Crippen molar-refractivity contribution < 1.29 is 9.18 Å². The fourth-order valence-electron chi connectivity index (χ4n) is 3.73. The Morgan fingerprint density at radius 3 is 2.48 bits per heavy atom. The average Bonchev–Trinajstić information content (AvgIpc) is 2.75. The number of pyridine rings is 1. The molecule has 148 valence electrons. The number of aromatic nitrogens is 1. The molecule has 0 atom stereocenters. The van der Waals surface area contributed by atoms with Crippen molar-refractivity contribution in [2.75, 3.05) is 31.1 Å². The molecule has 2 aromatic carbocycles. The molecule has 0 bridgehead atoms. The van der Waals surface area contributed by atoms with E-state index in [2.05, 4.69) is 26.9 Å². The lowest BCUT2D eigenvalue weighted by Gasteiger charge is -2.36. The Hall–Kier alpha value is -3.25. The number of benzene rings is 2. The number of primary amides is 1. The van der Waals surface area contributed by atoms with Gasteiger partial charge in [0, 0.05) is 50.2 Å². The van der Waals surface area contributed by atoms with Crippen LogP contribution in [0.15, 0.2) is 66.9 Å². The second kappa shape index (κ2) is 8.41. The highest BCUT2D eigenvalue weighted by Gasteiger charge is 2.18. The topological polar surface area (TPSA) is 62.5 Å². The summed E-state index contributed by atoms with van der Waals surface area (Å²) < 4.78 is 13.1. The molecule has 1 amide bonds. The zero-order valence-corrected chi connectivity index (χ0v) is 16.1. The zero-order valence-electron chi connectivity index (χ0n) is 16.1. The van der Waals surface area contributed by atoms with Crippen LogP contribution < -0.4 is 10.6 Å². The summed E-state index contributed by atoms with van der Waals surface area (Å²) in [5, 5.41) is 0. The average molecular weight is 390 g/mol. The first kappa shape index (κ1) is 19.1. The molecule has 1 aliphatic rings. The van der Waals surface area contributed by atoms with Crippen LogP contribution >= 0.6 is 0 Å². The first-order chi connectivity index (χ1) is 14.1. The number of rotatable bonds is 5. The summed E-state index contributed by atoms with van der Waals surface area (Å²) in [5.41, 5.74) is 9.65. The molecule has 3 aromatic rings. The van der Waals surface area contributed by atoms with Gasteiger partial charge < -0.3 is 10.6 Å². The highest BCUT2D eigenvalue weighted by molar-refractivity contribution is 5.98. The standard InChI is InChI=1S/C23H23FN4O/c24-19-6-8-20(9-7-19)28-13-11-27(12-14-28)16-17-3-1-4-18(15-17)22-21(23(25)29)5-2-10-26-22/h1-10,15H,11-14,16H2,(H2,25,29). The highest BCUT2D eigenvalue weighted by Crippen LogP contribution is 2.23. The zero-order chi connectivity index (χ0) is 20.2. The van der Waals surface area contributed by atoms with Crippen molar-refractivity contribution >= 4 is 11.6 Å². The summed E-state index contributed by atoms with van der Waals surface area (Å²) in [5.74, 6) is -0.685. The van der Waals surface area contributed by atoms with E-state index in [4.69, 9.17) is 5.73 Å². The summed E-state index contributed by atoms with van der Waals surface area (Å²) in [6.07, 6.45) is 1.67. The Kier molecular flexibility index (Phi) is 5.53. The van der Waals surface area contributed by atoms with Gasteiger partial charge in [-0.3, -0.25) is 14.7 Å². The number of hydrogen-bond acceptors (Lipinski definition) is 4. The molecule has 2 heterocycles. The number of amides is 1. The van der Waals surface area contributed by atoms with Gasteiger partial charge in [0.05, 0.1) is 11.3 Å². The fourth-order valence-corrected chi connectivity index (χ4v) is 3.73. The lowest BCUT2D eigenvalue weighted by atomic mass is 10.0. The van der Waals surface area contributed by atoms with Crippen LogP contribution in [-0.4, -0.2) is 42.0 Å². The first-order valence-corrected chi connectivity index (χ1v) is 9.67. The van der Waals surface area contributed by atoms with Gasteiger partial charge in [-0.05, 0) is 48.0 Å².